The zero-order valence-corrected chi connectivity index (χ0v) is 16.1. The van der Waals surface area contributed by atoms with Crippen LogP contribution in [0.3, 0.4) is 0 Å². The van der Waals surface area contributed by atoms with E-state index >= 15 is 0 Å². The van der Waals surface area contributed by atoms with E-state index in [0.717, 1.165) is 48.6 Å². The third-order valence-corrected chi connectivity index (χ3v) is 5.11. The van der Waals surface area contributed by atoms with Gasteiger partial charge in [-0.2, -0.15) is 0 Å². The van der Waals surface area contributed by atoms with Crippen molar-refractivity contribution in [3.05, 3.63) is 63.9 Å². The Morgan fingerprint density at radius 3 is 2.79 bits per heavy atom. The van der Waals surface area contributed by atoms with Gasteiger partial charge in [-0.3, -0.25) is 10.2 Å². The van der Waals surface area contributed by atoms with E-state index < -0.39 is 0 Å². The van der Waals surface area contributed by atoms with Crippen molar-refractivity contribution in [2.45, 2.75) is 6.92 Å². The summed E-state index contributed by atoms with van der Waals surface area (Å²) in [5.74, 6) is 0.517. The molecule has 7 nitrogen and oxygen atoms in total. The number of hydrogen-bond acceptors (Lipinski definition) is 6. The summed E-state index contributed by atoms with van der Waals surface area (Å²) in [5.41, 5.74) is 4.45. The normalized spacial score (nSPS) is 19.0. The van der Waals surface area contributed by atoms with Gasteiger partial charge < -0.3 is 20.5 Å². The van der Waals surface area contributed by atoms with Crippen molar-refractivity contribution in [2.24, 2.45) is 0 Å². The van der Waals surface area contributed by atoms with Crippen molar-refractivity contribution in [3.8, 4) is 0 Å². The molecule has 7 heteroatoms. The number of piperazine rings is 1. The van der Waals surface area contributed by atoms with Gasteiger partial charge in [-0.25, -0.2) is 4.98 Å². The van der Waals surface area contributed by atoms with E-state index in [0.29, 0.717) is 22.4 Å². The molecule has 1 aromatic carbocycles. The molecule has 1 aliphatic carbocycles. The minimum atomic E-state index is -0.154. The molecule has 4 N–H and O–H groups in total. The van der Waals surface area contributed by atoms with E-state index in [1.54, 1.807) is 13.2 Å². The molecule has 1 saturated heterocycles. The maximum Gasteiger partial charge on any atom is 0.259 e. The molecule has 1 fully saturated rings. The SMILES string of the molecule is CN/C=C1/C=C(c2nc3cc(N4CCNCC4)ccc3c(=O)[nH]2)C=C(C)C1=N. The van der Waals surface area contributed by atoms with E-state index in [2.05, 4.69) is 20.5 Å². The predicted molar refractivity (Wildman–Crippen MR) is 114 cm³/mol. The second-order valence-electron chi connectivity index (χ2n) is 7.04. The lowest BCUT2D eigenvalue weighted by Crippen LogP contribution is -2.43. The van der Waals surface area contributed by atoms with Crippen LogP contribution in [0.15, 0.2) is 52.5 Å². The molecule has 1 aliphatic heterocycles. The third-order valence-electron chi connectivity index (χ3n) is 5.11. The van der Waals surface area contributed by atoms with Crippen LogP contribution in [0.25, 0.3) is 16.5 Å². The molecule has 2 aromatic rings. The van der Waals surface area contributed by atoms with Gasteiger partial charge in [-0.15, -0.1) is 0 Å². The molecule has 0 spiro atoms. The van der Waals surface area contributed by atoms with Crippen molar-refractivity contribution in [2.75, 3.05) is 38.1 Å². The summed E-state index contributed by atoms with van der Waals surface area (Å²) in [6.07, 6.45) is 5.54. The number of rotatable bonds is 3. The van der Waals surface area contributed by atoms with Crippen LogP contribution in [0.4, 0.5) is 5.69 Å². The Bertz CT molecular complexity index is 1090. The van der Waals surface area contributed by atoms with Crippen molar-refractivity contribution < 1.29 is 0 Å². The van der Waals surface area contributed by atoms with E-state index in [1.165, 1.54) is 0 Å². The predicted octanol–water partition coefficient (Wildman–Crippen LogP) is 1.80. The summed E-state index contributed by atoms with van der Waals surface area (Å²) in [4.78, 5) is 22.6. The maximum atomic E-state index is 12.6. The standard InChI is InChI=1S/C21H24N6O/c1-13-9-14(10-15(12-23-2)19(13)22)20-25-18-11-16(27-7-5-24-6-8-27)3-4-17(18)21(28)26-20/h3-4,9-12,22-24H,5-8H2,1-2H3,(H,25,26,28)/b15-12-,22-19?. The van der Waals surface area contributed by atoms with Crippen molar-refractivity contribution in [1.82, 2.24) is 20.6 Å². The van der Waals surface area contributed by atoms with Crippen LogP contribution in [0.2, 0.25) is 0 Å². The second kappa shape index (κ2) is 7.44. The van der Waals surface area contributed by atoms with Crippen LogP contribution in [0, 0.1) is 5.41 Å². The van der Waals surface area contributed by atoms with Gasteiger partial charge in [0.15, 0.2) is 0 Å². The van der Waals surface area contributed by atoms with Crippen LogP contribution in [-0.4, -0.2) is 48.9 Å². The number of H-pyrrole nitrogens is 1. The molecule has 0 radical (unpaired) electrons. The smallest absolute Gasteiger partial charge is 0.259 e. The molecule has 1 aromatic heterocycles. The highest BCUT2D eigenvalue weighted by molar-refractivity contribution is 6.16. The number of hydrogen-bond donors (Lipinski definition) is 4. The molecule has 0 saturated carbocycles. The number of aromatic nitrogens is 2. The lowest BCUT2D eigenvalue weighted by Gasteiger charge is -2.29. The molecule has 2 aliphatic rings. The molecule has 0 bridgehead atoms. The molecular weight excluding hydrogens is 352 g/mol. The van der Waals surface area contributed by atoms with E-state index in [-0.39, 0.29) is 5.56 Å². The number of fused-ring (bicyclic) bond motifs is 1. The molecule has 0 unspecified atom stereocenters. The Labute approximate surface area is 163 Å². The summed E-state index contributed by atoms with van der Waals surface area (Å²) in [5, 5.41) is 15.1. The number of nitrogens with one attached hydrogen (secondary N) is 4. The Morgan fingerprint density at radius 1 is 1.25 bits per heavy atom. The number of nitrogens with zero attached hydrogens (tertiary/aromatic N) is 2. The lowest BCUT2D eigenvalue weighted by atomic mass is 9.94. The van der Waals surface area contributed by atoms with Crippen LogP contribution < -0.4 is 21.1 Å². The number of benzene rings is 1. The van der Waals surface area contributed by atoms with Crippen LogP contribution >= 0.6 is 0 Å². The van der Waals surface area contributed by atoms with Crippen LogP contribution in [-0.2, 0) is 0 Å². The zero-order chi connectivity index (χ0) is 19.7. The van der Waals surface area contributed by atoms with Gasteiger partial charge in [0.1, 0.15) is 5.82 Å². The monoisotopic (exact) mass is 376 g/mol. The molecule has 0 atom stereocenters. The van der Waals surface area contributed by atoms with Gasteiger partial charge >= 0.3 is 0 Å². The Morgan fingerprint density at radius 2 is 2.04 bits per heavy atom. The van der Waals surface area contributed by atoms with Crippen molar-refractivity contribution in [1.29, 1.82) is 5.41 Å². The van der Waals surface area contributed by atoms with Gasteiger partial charge in [-0.05, 0) is 42.8 Å². The molecule has 4 rings (SSSR count). The summed E-state index contributed by atoms with van der Waals surface area (Å²) in [6.45, 7) is 5.68. The first-order chi connectivity index (χ1) is 13.6. The summed E-state index contributed by atoms with van der Waals surface area (Å²) in [7, 11) is 1.80. The third kappa shape index (κ3) is 3.36. The summed E-state index contributed by atoms with van der Waals surface area (Å²) >= 11 is 0. The van der Waals surface area contributed by atoms with Gasteiger partial charge in [-0.1, -0.05) is 0 Å². The topological polar surface area (TPSA) is 96.9 Å². The van der Waals surface area contributed by atoms with Crippen LogP contribution in [0.1, 0.15) is 12.7 Å². The fourth-order valence-electron chi connectivity index (χ4n) is 3.60. The summed E-state index contributed by atoms with van der Waals surface area (Å²) < 4.78 is 0. The maximum absolute atomic E-state index is 12.6. The van der Waals surface area contributed by atoms with Crippen LogP contribution in [0.5, 0.6) is 0 Å². The minimum Gasteiger partial charge on any atom is -0.393 e. The quantitative estimate of drug-likeness (QED) is 0.655. The molecule has 2 heterocycles. The average Bonchev–Trinajstić information content (AvgIpc) is 2.71. The molecular formula is C21H24N6O. The fourth-order valence-corrected chi connectivity index (χ4v) is 3.60. The largest absolute Gasteiger partial charge is 0.393 e. The first-order valence-corrected chi connectivity index (χ1v) is 9.43. The summed E-state index contributed by atoms with van der Waals surface area (Å²) in [6, 6.07) is 5.83. The van der Waals surface area contributed by atoms with Gasteiger partial charge in [0, 0.05) is 56.3 Å². The molecule has 0 amide bonds. The Balaban J connectivity index is 1.79. The number of aromatic amines is 1. The van der Waals surface area contributed by atoms with Gasteiger partial charge in [0.25, 0.3) is 5.56 Å². The Kier molecular flexibility index (Phi) is 4.83. The van der Waals surface area contributed by atoms with Crippen molar-refractivity contribution in [3.63, 3.8) is 0 Å². The number of allylic oxidation sites excluding steroid dienone is 5. The minimum absolute atomic E-state index is 0.154. The highest BCUT2D eigenvalue weighted by Gasteiger charge is 2.17. The first kappa shape index (κ1) is 18.2. The average molecular weight is 376 g/mol. The van der Waals surface area contributed by atoms with Gasteiger partial charge in [0.05, 0.1) is 16.6 Å². The second-order valence-corrected chi connectivity index (χ2v) is 7.04. The van der Waals surface area contributed by atoms with E-state index in [4.69, 9.17) is 10.4 Å². The van der Waals surface area contributed by atoms with Gasteiger partial charge in [0.2, 0.25) is 0 Å². The Hall–Kier alpha value is -3.19. The lowest BCUT2D eigenvalue weighted by molar-refractivity contribution is 0.589. The van der Waals surface area contributed by atoms with E-state index in [9.17, 15) is 4.79 Å². The number of anilines is 1. The zero-order valence-electron chi connectivity index (χ0n) is 16.1. The highest BCUT2D eigenvalue weighted by Crippen LogP contribution is 2.25. The van der Waals surface area contributed by atoms with Crippen molar-refractivity contribution >= 4 is 27.9 Å². The first-order valence-electron chi connectivity index (χ1n) is 9.43. The molecule has 144 valence electrons. The molecule has 28 heavy (non-hydrogen) atoms. The fraction of sp³-hybridized carbons (Fsp3) is 0.286. The van der Waals surface area contributed by atoms with E-state index in [1.807, 2.05) is 37.3 Å². The highest BCUT2D eigenvalue weighted by atomic mass is 16.1.